The second kappa shape index (κ2) is 5.20. The lowest BCUT2D eigenvalue weighted by molar-refractivity contribution is 0.0336. The predicted octanol–water partition coefficient (Wildman–Crippen LogP) is 1.65. The third-order valence-corrected chi connectivity index (χ3v) is 2.46. The molecule has 0 saturated carbocycles. The number of hydrogen-bond donors (Lipinski definition) is 3. The lowest BCUT2D eigenvalue weighted by Gasteiger charge is -2.18. The van der Waals surface area contributed by atoms with Gasteiger partial charge in [0.15, 0.2) is 0 Å². The van der Waals surface area contributed by atoms with Crippen molar-refractivity contribution in [3.8, 4) is 0 Å². The van der Waals surface area contributed by atoms with Crippen molar-refractivity contribution in [2.45, 2.75) is 12.2 Å². The lowest BCUT2D eigenvalue weighted by Crippen LogP contribution is -2.20. The normalized spacial score (nSPS) is 14.8. The number of aliphatic hydroxyl groups excluding tert-OH is 2. The van der Waals surface area contributed by atoms with Crippen LogP contribution in [0.25, 0.3) is 6.08 Å². The molecule has 0 saturated heterocycles. The molecule has 76 valence electrons. The van der Waals surface area contributed by atoms with Gasteiger partial charge in [-0.1, -0.05) is 36.9 Å². The number of hydrogen-bond acceptors (Lipinski definition) is 3. The molecule has 0 aliphatic carbocycles. The summed E-state index contributed by atoms with van der Waals surface area (Å²) in [5, 5.41) is 19.2. The van der Waals surface area contributed by atoms with Crippen molar-refractivity contribution in [3.05, 3.63) is 42.0 Å². The van der Waals surface area contributed by atoms with Gasteiger partial charge in [0, 0.05) is 5.75 Å². The first-order valence-corrected chi connectivity index (χ1v) is 5.02. The lowest BCUT2D eigenvalue weighted by atomic mass is 9.99. The fourth-order valence-corrected chi connectivity index (χ4v) is 1.47. The zero-order valence-corrected chi connectivity index (χ0v) is 8.69. The minimum Gasteiger partial charge on any atom is -0.389 e. The average molecular weight is 210 g/mol. The number of aliphatic hydroxyl groups is 2. The minimum absolute atomic E-state index is 0.229. The van der Waals surface area contributed by atoms with Crippen LogP contribution in [0, 0.1) is 0 Å². The molecule has 0 bridgehead atoms. The first-order valence-electron chi connectivity index (χ1n) is 4.39. The van der Waals surface area contributed by atoms with Gasteiger partial charge in [0.1, 0.15) is 6.10 Å². The molecular formula is C11H14O2S. The third kappa shape index (κ3) is 2.38. The summed E-state index contributed by atoms with van der Waals surface area (Å²) in [6.07, 6.45) is -0.0924. The Kier molecular flexibility index (Phi) is 4.20. The molecule has 1 aromatic rings. The number of thiol groups is 1. The average Bonchev–Trinajstić information content (AvgIpc) is 2.26. The molecule has 2 unspecified atom stereocenters. The Balaban J connectivity index is 2.99. The van der Waals surface area contributed by atoms with E-state index < -0.39 is 12.2 Å². The smallest absolute Gasteiger partial charge is 0.106 e. The van der Waals surface area contributed by atoms with Gasteiger partial charge in [-0.2, -0.15) is 12.6 Å². The van der Waals surface area contributed by atoms with Crippen molar-refractivity contribution in [1.29, 1.82) is 0 Å². The van der Waals surface area contributed by atoms with Crippen LogP contribution < -0.4 is 0 Å². The van der Waals surface area contributed by atoms with Crippen LogP contribution in [-0.4, -0.2) is 22.1 Å². The van der Waals surface area contributed by atoms with Gasteiger partial charge >= 0.3 is 0 Å². The van der Waals surface area contributed by atoms with E-state index in [9.17, 15) is 10.2 Å². The third-order valence-electron chi connectivity index (χ3n) is 2.09. The topological polar surface area (TPSA) is 40.5 Å². The van der Waals surface area contributed by atoms with E-state index in [0.29, 0.717) is 5.56 Å². The van der Waals surface area contributed by atoms with Crippen LogP contribution in [0.1, 0.15) is 17.2 Å². The van der Waals surface area contributed by atoms with Crippen LogP contribution in [0.2, 0.25) is 0 Å². The van der Waals surface area contributed by atoms with E-state index in [4.69, 9.17) is 0 Å². The van der Waals surface area contributed by atoms with E-state index in [1.54, 1.807) is 12.1 Å². The molecule has 0 spiro atoms. The second-order valence-electron chi connectivity index (χ2n) is 3.03. The van der Waals surface area contributed by atoms with Gasteiger partial charge in [-0.25, -0.2) is 0 Å². The Bertz CT molecular complexity index is 312. The Morgan fingerprint density at radius 2 is 2.00 bits per heavy atom. The molecule has 0 aliphatic rings. The van der Waals surface area contributed by atoms with Gasteiger partial charge in [-0.15, -0.1) is 0 Å². The Hall–Kier alpha value is -0.770. The van der Waals surface area contributed by atoms with E-state index in [1.807, 2.05) is 18.2 Å². The molecule has 1 rings (SSSR count). The van der Waals surface area contributed by atoms with Crippen LogP contribution in [0.4, 0.5) is 0 Å². The monoisotopic (exact) mass is 210 g/mol. The highest BCUT2D eigenvalue weighted by molar-refractivity contribution is 7.80. The summed E-state index contributed by atoms with van der Waals surface area (Å²) in [5.74, 6) is 0.229. The molecule has 2 nitrogen and oxygen atoms in total. The molecule has 1 aromatic carbocycles. The number of benzene rings is 1. The summed E-state index contributed by atoms with van der Waals surface area (Å²) in [5.41, 5.74) is 1.52. The Labute approximate surface area is 89.3 Å². The van der Waals surface area contributed by atoms with Crippen molar-refractivity contribution in [2.75, 3.05) is 5.75 Å². The van der Waals surface area contributed by atoms with E-state index >= 15 is 0 Å². The van der Waals surface area contributed by atoms with Crippen molar-refractivity contribution >= 4 is 18.7 Å². The van der Waals surface area contributed by atoms with E-state index in [0.717, 1.165) is 5.56 Å². The predicted molar refractivity (Wildman–Crippen MR) is 61.4 cm³/mol. The summed E-state index contributed by atoms with van der Waals surface area (Å²) in [4.78, 5) is 0. The highest BCUT2D eigenvalue weighted by atomic mass is 32.1. The fraction of sp³-hybridized carbons (Fsp3) is 0.273. The van der Waals surface area contributed by atoms with E-state index in [2.05, 4.69) is 19.2 Å². The van der Waals surface area contributed by atoms with Crippen LogP contribution in [0.5, 0.6) is 0 Å². The van der Waals surface area contributed by atoms with E-state index in [1.165, 1.54) is 0 Å². The zero-order chi connectivity index (χ0) is 10.6. The molecular weight excluding hydrogens is 196 g/mol. The van der Waals surface area contributed by atoms with Gasteiger partial charge in [-0.3, -0.25) is 0 Å². The molecule has 0 radical (unpaired) electrons. The fourth-order valence-electron chi connectivity index (χ4n) is 1.27. The maximum atomic E-state index is 9.75. The first kappa shape index (κ1) is 11.3. The van der Waals surface area contributed by atoms with Crippen molar-refractivity contribution in [1.82, 2.24) is 0 Å². The minimum atomic E-state index is -0.901. The molecule has 0 aromatic heterocycles. The summed E-state index contributed by atoms with van der Waals surface area (Å²) < 4.78 is 0. The molecule has 0 aliphatic heterocycles. The van der Waals surface area contributed by atoms with Gasteiger partial charge in [0.25, 0.3) is 0 Å². The molecule has 3 heteroatoms. The molecule has 0 amide bonds. The maximum Gasteiger partial charge on any atom is 0.106 e. The summed E-state index contributed by atoms with van der Waals surface area (Å²) in [7, 11) is 0. The standard InChI is InChI=1S/C11H14O2S/c1-2-8-5-3-4-6-9(8)11(13)10(12)7-14/h2-6,10-14H,1,7H2. The first-order chi connectivity index (χ1) is 6.70. The molecule has 14 heavy (non-hydrogen) atoms. The molecule has 0 fully saturated rings. The van der Waals surface area contributed by atoms with Gasteiger partial charge < -0.3 is 10.2 Å². The van der Waals surface area contributed by atoms with Crippen molar-refractivity contribution < 1.29 is 10.2 Å². The summed E-state index contributed by atoms with van der Waals surface area (Å²) in [6, 6.07) is 7.29. The second-order valence-corrected chi connectivity index (χ2v) is 3.39. The van der Waals surface area contributed by atoms with Gasteiger partial charge in [-0.05, 0) is 11.1 Å². The SMILES string of the molecule is C=Cc1ccccc1C(O)C(O)CS. The molecule has 2 atom stereocenters. The highest BCUT2D eigenvalue weighted by Crippen LogP contribution is 2.22. The number of rotatable bonds is 4. The van der Waals surface area contributed by atoms with Crippen molar-refractivity contribution in [3.63, 3.8) is 0 Å². The molecule has 0 heterocycles. The quantitative estimate of drug-likeness (QED) is 0.661. The van der Waals surface area contributed by atoms with Crippen LogP contribution in [0.3, 0.4) is 0 Å². The van der Waals surface area contributed by atoms with Gasteiger partial charge in [0.05, 0.1) is 6.10 Å². The Morgan fingerprint density at radius 3 is 2.57 bits per heavy atom. The van der Waals surface area contributed by atoms with Crippen LogP contribution >= 0.6 is 12.6 Å². The van der Waals surface area contributed by atoms with Crippen LogP contribution in [-0.2, 0) is 0 Å². The summed E-state index contributed by atoms with van der Waals surface area (Å²) in [6.45, 7) is 3.65. The largest absolute Gasteiger partial charge is 0.389 e. The van der Waals surface area contributed by atoms with Crippen molar-refractivity contribution in [2.24, 2.45) is 0 Å². The molecule has 2 N–H and O–H groups in total. The van der Waals surface area contributed by atoms with E-state index in [-0.39, 0.29) is 5.75 Å². The Morgan fingerprint density at radius 1 is 1.36 bits per heavy atom. The zero-order valence-electron chi connectivity index (χ0n) is 7.80. The van der Waals surface area contributed by atoms with Crippen LogP contribution in [0.15, 0.2) is 30.8 Å². The van der Waals surface area contributed by atoms with Gasteiger partial charge in [0.2, 0.25) is 0 Å². The maximum absolute atomic E-state index is 9.75. The highest BCUT2D eigenvalue weighted by Gasteiger charge is 2.18. The summed E-state index contributed by atoms with van der Waals surface area (Å²) >= 11 is 3.93.